The molecule has 1 N–H and O–H groups in total. The van der Waals surface area contributed by atoms with Gasteiger partial charge in [0.15, 0.2) is 0 Å². The van der Waals surface area contributed by atoms with Crippen LogP contribution in [0.4, 0.5) is 0 Å². The van der Waals surface area contributed by atoms with Crippen molar-refractivity contribution in [2.75, 3.05) is 20.1 Å². The average molecular weight is 289 g/mol. The lowest BCUT2D eigenvalue weighted by Crippen LogP contribution is -2.36. The van der Waals surface area contributed by atoms with Crippen LogP contribution in [0, 0.1) is 0 Å². The normalized spacial score (nSPS) is 30.7. The van der Waals surface area contributed by atoms with Crippen LogP contribution in [-0.2, 0) is 13.1 Å². The molecule has 3 fully saturated rings. The van der Waals surface area contributed by atoms with Crippen LogP contribution in [0.1, 0.15) is 43.6 Å². The van der Waals surface area contributed by atoms with Crippen molar-refractivity contribution in [2.24, 2.45) is 0 Å². The van der Waals surface area contributed by atoms with Gasteiger partial charge in [0.25, 0.3) is 0 Å². The van der Waals surface area contributed by atoms with Gasteiger partial charge >= 0.3 is 0 Å². The summed E-state index contributed by atoms with van der Waals surface area (Å²) >= 11 is 0. The maximum absolute atomic E-state index is 5.99. The third-order valence-electron chi connectivity index (χ3n) is 5.47. The Balaban J connectivity index is 1.32. The predicted molar refractivity (Wildman–Crippen MR) is 83.0 cm³/mol. The molecule has 1 aromatic rings. The highest BCUT2D eigenvalue weighted by molar-refractivity contribution is 5.08. The van der Waals surface area contributed by atoms with E-state index in [0.717, 1.165) is 42.7 Å². The Hall–Kier alpha value is -0.840. The zero-order valence-corrected chi connectivity index (χ0v) is 13.1. The Morgan fingerprint density at radius 1 is 1.10 bits per heavy atom. The molecule has 116 valence electrons. The fourth-order valence-corrected chi connectivity index (χ4v) is 3.88. The minimum absolute atomic E-state index is 0.746. The van der Waals surface area contributed by atoms with Crippen molar-refractivity contribution in [3.8, 4) is 0 Å². The summed E-state index contributed by atoms with van der Waals surface area (Å²) < 4.78 is 5.99. The monoisotopic (exact) mass is 289 g/mol. The fraction of sp³-hybridized carbons (Fsp3) is 0.765. The molecule has 4 heteroatoms. The van der Waals surface area contributed by atoms with E-state index in [-0.39, 0.29) is 0 Å². The van der Waals surface area contributed by atoms with Crippen LogP contribution < -0.4 is 5.32 Å². The van der Waals surface area contributed by atoms with Gasteiger partial charge in [-0.3, -0.25) is 9.80 Å². The van der Waals surface area contributed by atoms with Gasteiger partial charge in [-0.1, -0.05) is 0 Å². The van der Waals surface area contributed by atoms with Crippen molar-refractivity contribution in [2.45, 2.75) is 63.3 Å². The average Bonchev–Trinajstić information content (AvgIpc) is 3.12. The standard InChI is InChI=1S/C17H27N3O/c1-19-14-4-5-15(19)11-20(9-8-14)12-17-7-6-16(21-17)10-18-13-2-3-13/h6-7,13-15,18H,2-5,8-12H2,1H3. The number of likely N-dealkylation sites (tertiary alicyclic amines) is 1. The maximum Gasteiger partial charge on any atom is 0.118 e. The highest BCUT2D eigenvalue weighted by atomic mass is 16.3. The molecule has 0 radical (unpaired) electrons. The van der Waals surface area contributed by atoms with Crippen LogP contribution in [0.5, 0.6) is 0 Å². The van der Waals surface area contributed by atoms with Gasteiger partial charge in [-0.15, -0.1) is 0 Å². The summed E-state index contributed by atoms with van der Waals surface area (Å²) in [7, 11) is 2.31. The first kappa shape index (κ1) is 13.8. The molecule has 2 atom stereocenters. The lowest BCUT2D eigenvalue weighted by Gasteiger charge is -2.24. The van der Waals surface area contributed by atoms with Gasteiger partial charge in [-0.2, -0.15) is 0 Å². The molecule has 3 heterocycles. The minimum atomic E-state index is 0.746. The summed E-state index contributed by atoms with van der Waals surface area (Å²) in [5.74, 6) is 2.22. The summed E-state index contributed by atoms with van der Waals surface area (Å²) in [4.78, 5) is 5.18. The number of furan rings is 1. The van der Waals surface area contributed by atoms with Crippen LogP contribution in [-0.4, -0.2) is 48.1 Å². The summed E-state index contributed by atoms with van der Waals surface area (Å²) in [5.41, 5.74) is 0. The Morgan fingerprint density at radius 3 is 2.76 bits per heavy atom. The number of hydrogen-bond acceptors (Lipinski definition) is 4. The number of nitrogens with zero attached hydrogens (tertiary/aromatic N) is 2. The van der Waals surface area contributed by atoms with E-state index in [1.54, 1.807) is 0 Å². The highest BCUT2D eigenvalue weighted by Gasteiger charge is 2.34. The van der Waals surface area contributed by atoms with Gasteiger partial charge in [0.2, 0.25) is 0 Å². The van der Waals surface area contributed by atoms with Gasteiger partial charge in [0.05, 0.1) is 13.1 Å². The second kappa shape index (κ2) is 5.75. The van der Waals surface area contributed by atoms with Crippen molar-refractivity contribution in [3.05, 3.63) is 23.7 Å². The van der Waals surface area contributed by atoms with Crippen molar-refractivity contribution in [3.63, 3.8) is 0 Å². The molecule has 2 bridgehead atoms. The summed E-state index contributed by atoms with van der Waals surface area (Å²) in [6.07, 6.45) is 6.73. The number of hydrogen-bond donors (Lipinski definition) is 1. The van der Waals surface area contributed by atoms with E-state index >= 15 is 0 Å². The topological polar surface area (TPSA) is 31.6 Å². The second-order valence-electron chi connectivity index (χ2n) is 7.10. The van der Waals surface area contributed by atoms with E-state index in [1.165, 1.54) is 45.2 Å². The van der Waals surface area contributed by atoms with Gasteiger partial charge in [0, 0.05) is 31.2 Å². The van der Waals surface area contributed by atoms with Crippen LogP contribution in [0.25, 0.3) is 0 Å². The van der Waals surface area contributed by atoms with Crippen LogP contribution in [0.3, 0.4) is 0 Å². The molecule has 1 aromatic heterocycles. The molecule has 21 heavy (non-hydrogen) atoms. The summed E-state index contributed by atoms with van der Waals surface area (Å²) in [6.45, 7) is 4.27. The molecular formula is C17H27N3O. The van der Waals surface area contributed by atoms with Crippen LogP contribution in [0.15, 0.2) is 16.5 Å². The van der Waals surface area contributed by atoms with Gasteiger partial charge < -0.3 is 9.73 Å². The van der Waals surface area contributed by atoms with E-state index in [4.69, 9.17) is 4.42 Å². The van der Waals surface area contributed by atoms with E-state index in [9.17, 15) is 0 Å². The lowest BCUT2D eigenvalue weighted by atomic mass is 10.1. The fourth-order valence-electron chi connectivity index (χ4n) is 3.88. The Labute approximate surface area is 127 Å². The SMILES string of the molecule is CN1C2CCC1CN(Cc1ccc(CNC3CC3)o1)CC2. The van der Waals surface area contributed by atoms with Crippen molar-refractivity contribution in [1.82, 2.24) is 15.1 Å². The molecule has 0 aromatic carbocycles. The molecule has 2 unspecified atom stereocenters. The van der Waals surface area contributed by atoms with E-state index in [1.807, 2.05) is 0 Å². The van der Waals surface area contributed by atoms with Crippen molar-refractivity contribution >= 4 is 0 Å². The van der Waals surface area contributed by atoms with Crippen molar-refractivity contribution in [1.29, 1.82) is 0 Å². The smallest absolute Gasteiger partial charge is 0.118 e. The van der Waals surface area contributed by atoms with Gasteiger partial charge in [-0.05, 0) is 51.3 Å². The number of nitrogens with one attached hydrogen (secondary N) is 1. The summed E-state index contributed by atoms with van der Waals surface area (Å²) in [5, 5.41) is 3.51. The molecule has 1 aliphatic carbocycles. The molecule has 1 saturated carbocycles. The van der Waals surface area contributed by atoms with Gasteiger partial charge in [-0.25, -0.2) is 0 Å². The Kier molecular flexibility index (Phi) is 3.78. The molecule has 0 amide bonds. The predicted octanol–water partition coefficient (Wildman–Crippen LogP) is 2.20. The second-order valence-corrected chi connectivity index (χ2v) is 7.10. The third kappa shape index (κ3) is 3.17. The first-order chi connectivity index (χ1) is 10.3. The van der Waals surface area contributed by atoms with Crippen LogP contribution >= 0.6 is 0 Å². The van der Waals surface area contributed by atoms with Crippen LogP contribution in [0.2, 0.25) is 0 Å². The summed E-state index contributed by atoms with van der Waals surface area (Å²) in [6, 6.07) is 6.62. The number of rotatable bonds is 5. The molecule has 0 spiro atoms. The Bertz CT molecular complexity index is 482. The third-order valence-corrected chi connectivity index (χ3v) is 5.47. The molecule has 2 aliphatic heterocycles. The Morgan fingerprint density at radius 2 is 1.90 bits per heavy atom. The molecule has 2 saturated heterocycles. The zero-order chi connectivity index (χ0) is 14.2. The largest absolute Gasteiger partial charge is 0.463 e. The first-order valence-electron chi connectivity index (χ1n) is 8.53. The molecule has 4 nitrogen and oxygen atoms in total. The molecule has 4 rings (SSSR count). The number of likely N-dealkylation sites (N-methyl/N-ethyl adjacent to an activating group) is 1. The quantitative estimate of drug-likeness (QED) is 0.900. The number of fused-ring (bicyclic) bond motifs is 2. The van der Waals surface area contributed by atoms with E-state index in [2.05, 4.69) is 34.3 Å². The lowest BCUT2D eigenvalue weighted by molar-refractivity contribution is 0.203. The molecular weight excluding hydrogens is 262 g/mol. The van der Waals surface area contributed by atoms with Gasteiger partial charge in [0.1, 0.15) is 11.5 Å². The first-order valence-corrected chi connectivity index (χ1v) is 8.53. The van der Waals surface area contributed by atoms with E-state index < -0.39 is 0 Å². The van der Waals surface area contributed by atoms with Crippen molar-refractivity contribution < 1.29 is 4.42 Å². The minimum Gasteiger partial charge on any atom is -0.463 e. The molecule has 3 aliphatic rings. The van der Waals surface area contributed by atoms with E-state index in [0.29, 0.717) is 0 Å². The highest BCUT2D eigenvalue weighted by Crippen LogP contribution is 2.29. The maximum atomic E-state index is 5.99. The zero-order valence-electron chi connectivity index (χ0n) is 13.1.